The molecule has 4 rings (SSSR count). The highest BCUT2D eigenvalue weighted by atomic mass is 17.1. The third kappa shape index (κ3) is 5.58. The van der Waals surface area contributed by atoms with Crippen LogP contribution in [0.25, 0.3) is 10.9 Å². The van der Waals surface area contributed by atoms with Gasteiger partial charge in [-0.15, -0.1) is 0 Å². The van der Waals surface area contributed by atoms with Crippen LogP contribution in [0, 0.1) is 5.92 Å². The number of nitrogens with zero attached hydrogens (tertiary/aromatic N) is 1. The average molecular weight is 422 g/mol. The van der Waals surface area contributed by atoms with Crippen molar-refractivity contribution in [2.45, 2.75) is 26.2 Å². The molecule has 1 amide bonds. The van der Waals surface area contributed by atoms with E-state index in [1.54, 1.807) is 13.1 Å². The average Bonchev–Trinajstić information content (AvgIpc) is 3.23. The molecule has 7 nitrogen and oxygen atoms in total. The maximum absolute atomic E-state index is 12.9. The van der Waals surface area contributed by atoms with Crippen molar-refractivity contribution in [3.8, 4) is 0 Å². The summed E-state index contributed by atoms with van der Waals surface area (Å²) in [6, 6.07) is 16.1. The van der Waals surface area contributed by atoms with Crippen LogP contribution in [0.2, 0.25) is 0 Å². The minimum Gasteiger partial charge on any atom is -0.360 e. The lowest BCUT2D eigenvalue weighted by atomic mass is 9.90. The highest BCUT2D eigenvalue weighted by Crippen LogP contribution is 2.25. The van der Waals surface area contributed by atoms with Crippen LogP contribution in [0.5, 0.6) is 0 Å². The van der Waals surface area contributed by atoms with Gasteiger partial charge in [0.15, 0.2) is 5.78 Å². The molecule has 0 saturated carbocycles. The first-order chi connectivity index (χ1) is 15.0. The molecule has 3 aromatic rings. The standard InChI is InChI=1S/C23H24N2O2.CH2O3/c1-16(26)21-15-24-22-8-7-19(14-20(21)22)23(27)25-11-9-18(10-12-25)13-17-5-3-2-4-6-17;2-1-4-3/h2-8,14-15,18,24H,9-13H2,1H3;1,3H. The maximum atomic E-state index is 12.9. The number of hydrogen-bond acceptors (Lipinski definition) is 5. The van der Waals surface area contributed by atoms with Gasteiger partial charge in [-0.3, -0.25) is 14.4 Å². The Morgan fingerprint density at radius 2 is 1.84 bits per heavy atom. The summed E-state index contributed by atoms with van der Waals surface area (Å²) in [5, 5.41) is 7.83. The number of benzene rings is 2. The highest BCUT2D eigenvalue weighted by Gasteiger charge is 2.24. The molecule has 7 heteroatoms. The molecule has 0 spiro atoms. The lowest BCUT2D eigenvalue weighted by Crippen LogP contribution is -2.38. The first-order valence-electron chi connectivity index (χ1n) is 10.2. The first-order valence-corrected chi connectivity index (χ1v) is 10.2. The number of Topliss-reactive ketones (excluding diaryl/α,β-unsaturated/α-hetero) is 1. The van der Waals surface area contributed by atoms with Gasteiger partial charge in [0.2, 0.25) is 0 Å². The number of aromatic nitrogens is 1. The van der Waals surface area contributed by atoms with Gasteiger partial charge in [-0.1, -0.05) is 30.3 Å². The summed E-state index contributed by atoms with van der Waals surface area (Å²) < 4.78 is 0. The third-order valence-electron chi connectivity index (χ3n) is 5.62. The van der Waals surface area contributed by atoms with Crippen molar-refractivity contribution in [1.82, 2.24) is 9.88 Å². The fourth-order valence-electron chi connectivity index (χ4n) is 4.02. The first kappa shape index (κ1) is 22.2. The minimum atomic E-state index is -0.0694. The van der Waals surface area contributed by atoms with E-state index in [0.717, 1.165) is 43.3 Å². The molecule has 2 heterocycles. The van der Waals surface area contributed by atoms with Crippen molar-refractivity contribution in [3.63, 3.8) is 0 Å². The van der Waals surface area contributed by atoms with Crippen LogP contribution >= 0.6 is 0 Å². The number of amides is 1. The van der Waals surface area contributed by atoms with E-state index in [2.05, 4.69) is 34.1 Å². The topological polar surface area (TPSA) is 99.7 Å². The van der Waals surface area contributed by atoms with Crippen molar-refractivity contribution < 1.29 is 24.5 Å². The Bertz CT molecular complexity index is 1040. The molecule has 1 aliphatic heterocycles. The Labute approximate surface area is 180 Å². The number of piperidine rings is 1. The van der Waals surface area contributed by atoms with Crippen molar-refractivity contribution in [2.75, 3.05) is 13.1 Å². The number of carbonyl (C=O) groups is 3. The zero-order valence-corrected chi connectivity index (χ0v) is 17.4. The molecule has 0 aliphatic carbocycles. The van der Waals surface area contributed by atoms with E-state index < -0.39 is 0 Å². The fraction of sp³-hybridized carbons (Fsp3) is 0.292. The number of fused-ring (bicyclic) bond motifs is 1. The van der Waals surface area contributed by atoms with E-state index in [-0.39, 0.29) is 18.2 Å². The molecule has 0 radical (unpaired) electrons. The van der Waals surface area contributed by atoms with Crippen LogP contribution in [0.3, 0.4) is 0 Å². The molecule has 1 saturated heterocycles. The summed E-state index contributed by atoms with van der Waals surface area (Å²) in [6.45, 7) is 3.07. The molecule has 0 bridgehead atoms. The number of aromatic amines is 1. The third-order valence-corrected chi connectivity index (χ3v) is 5.62. The lowest BCUT2D eigenvalue weighted by Gasteiger charge is -2.32. The maximum Gasteiger partial charge on any atom is 0.330 e. The highest BCUT2D eigenvalue weighted by molar-refractivity contribution is 6.08. The van der Waals surface area contributed by atoms with Crippen LogP contribution in [-0.4, -0.2) is 46.4 Å². The minimum absolute atomic E-state index is 0.00701. The van der Waals surface area contributed by atoms with E-state index >= 15 is 0 Å². The van der Waals surface area contributed by atoms with Gasteiger partial charge in [0.05, 0.1) is 0 Å². The second kappa shape index (κ2) is 10.5. The monoisotopic (exact) mass is 422 g/mol. The van der Waals surface area contributed by atoms with Crippen molar-refractivity contribution in [2.24, 2.45) is 5.92 Å². The molecule has 0 atom stereocenters. The van der Waals surface area contributed by atoms with Gasteiger partial charge in [-0.25, -0.2) is 5.26 Å². The summed E-state index contributed by atoms with van der Waals surface area (Å²) in [5.41, 5.74) is 3.56. The number of carbonyl (C=O) groups excluding carboxylic acids is 3. The van der Waals surface area contributed by atoms with E-state index in [1.807, 2.05) is 29.2 Å². The quantitative estimate of drug-likeness (QED) is 0.279. The zero-order valence-electron chi connectivity index (χ0n) is 17.4. The number of ketones is 1. The fourth-order valence-corrected chi connectivity index (χ4v) is 4.02. The van der Waals surface area contributed by atoms with Crippen LogP contribution < -0.4 is 0 Å². The smallest absolute Gasteiger partial charge is 0.330 e. The Kier molecular flexibility index (Phi) is 7.56. The van der Waals surface area contributed by atoms with Crippen molar-refractivity contribution in [1.29, 1.82) is 0 Å². The number of rotatable bonds is 5. The van der Waals surface area contributed by atoms with E-state index in [1.165, 1.54) is 5.56 Å². The number of likely N-dealkylation sites (tertiary alicyclic amines) is 1. The summed E-state index contributed by atoms with van der Waals surface area (Å²) in [5.74, 6) is 0.700. The van der Waals surface area contributed by atoms with Crippen LogP contribution in [0.1, 0.15) is 46.0 Å². The van der Waals surface area contributed by atoms with Crippen LogP contribution in [-0.2, 0) is 16.1 Å². The Morgan fingerprint density at radius 1 is 1.16 bits per heavy atom. The van der Waals surface area contributed by atoms with E-state index in [9.17, 15) is 9.59 Å². The molecule has 162 valence electrons. The largest absolute Gasteiger partial charge is 0.360 e. The van der Waals surface area contributed by atoms with E-state index in [0.29, 0.717) is 17.0 Å². The normalized spacial score (nSPS) is 13.9. The Hall–Kier alpha value is -3.45. The molecule has 0 unspecified atom stereocenters. The number of nitrogens with one attached hydrogen (secondary N) is 1. The summed E-state index contributed by atoms with van der Waals surface area (Å²) in [6.07, 6.45) is 4.87. The molecule has 2 aromatic carbocycles. The van der Waals surface area contributed by atoms with Crippen LogP contribution in [0.4, 0.5) is 0 Å². The second-order valence-corrected chi connectivity index (χ2v) is 7.65. The van der Waals surface area contributed by atoms with Gasteiger partial charge >= 0.3 is 6.47 Å². The molecular formula is C24H26N2O5. The predicted octanol–water partition coefficient (Wildman–Crippen LogP) is 4.10. The summed E-state index contributed by atoms with van der Waals surface area (Å²) in [7, 11) is 0. The lowest BCUT2D eigenvalue weighted by molar-refractivity contribution is -0.217. The van der Waals surface area contributed by atoms with Gasteiger partial charge in [0.1, 0.15) is 0 Å². The molecule has 1 fully saturated rings. The van der Waals surface area contributed by atoms with E-state index in [4.69, 9.17) is 10.1 Å². The SMILES string of the molecule is CC(=O)c1c[nH]c2ccc(C(=O)N3CCC(Cc4ccccc4)CC3)cc12.O=COO. The van der Waals surface area contributed by atoms with Crippen LogP contribution in [0.15, 0.2) is 54.7 Å². The van der Waals surface area contributed by atoms with Gasteiger partial charge < -0.3 is 14.8 Å². The molecule has 1 aromatic heterocycles. The van der Waals surface area contributed by atoms with Crippen molar-refractivity contribution in [3.05, 3.63) is 71.4 Å². The molecular weight excluding hydrogens is 396 g/mol. The Morgan fingerprint density at radius 3 is 2.45 bits per heavy atom. The van der Waals surface area contributed by atoms with Gasteiger partial charge in [-0.2, -0.15) is 0 Å². The van der Waals surface area contributed by atoms with Crippen molar-refractivity contribution >= 4 is 29.1 Å². The van der Waals surface area contributed by atoms with Gasteiger partial charge in [-0.05, 0) is 55.9 Å². The molecule has 1 aliphatic rings. The zero-order chi connectivity index (χ0) is 22.2. The number of H-pyrrole nitrogens is 1. The summed E-state index contributed by atoms with van der Waals surface area (Å²) in [4.78, 5) is 41.3. The molecule has 31 heavy (non-hydrogen) atoms. The van der Waals surface area contributed by atoms with Gasteiger partial charge in [0.25, 0.3) is 5.91 Å². The Balaban J connectivity index is 0.000000628. The molecule has 2 N–H and O–H groups in total. The summed E-state index contributed by atoms with van der Waals surface area (Å²) >= 11 is 0. The van der Waals surface area contributed by atoms with Gasteiger partial charge in [0, 0.05) is 41.3 Å². The second-order valence-electron chi connectivity index (χ2n) is 7.65. The predicted molar refractivity (Wildman–Crippen MR) is 117 cm³/mol. The number of hydrogen-bond donors (Lipinski definition) is 2.